The molecular formula is C13H16N2O5. The van der Waals surface area contributed by atoms with Crippen LogP contribution in [0.5, 0.6) is 11.5 Å². The van der Waals surface area contributed by atoms with Gasteiger partial charge in [-0.3, -0.25) is 0 Å². The average molecular weight is 280 g/mol. The summed E-state index contributed by atoms with van der Waals surface area (Å²) in [6.45, 7) is 2.39. The summed E-state index contributed by atoms with van der Waals surface area (Å²) in [5.74, 6) is 0.120. The molecule has 0 bridgehead atoms. The number of ether oxygens (including phenoxy) is 2. The minimum atomic E-state index is -1.06. The highest BCUT2D eigenvalue weighted by Gasteiger charge is 2.22. The molecule has 1 aliphatic rings. The van der Waals surface area contributed by atoms with Gasteiger partial charge in [0.1, 0.15) is 19.3 Å². The van der Waals surface area contributed by atoms with E-state index in [-0.39, 0.29) is 0 Å². The number of carbonyl (C=O) groups excluding carboxylic acids is 1. The summed E-state index contributed by atoms with van der Waals surface area (Å²) < 4.78 is 10.8. The van der Waals surface area contributed by atoms with Crippen LogP contribution in [0, 0.1) is 0 Å². The summed E-state index contributed by atoms with van der Waals surface area (Å²) in [7, 11) is 1.42. The number of likely N-dealkylation sites (N-methyl/N-ethyl adjacent to an activating group) is 1. The second-order valence-corrected chi connectivity index (χ2v) is 4.41. The number of fused-ring (bicyclic) bond motifs is 1. The summed E-state index contributed by atoms with van der Waals surface area (Å²) in [5, 5.41) is 11.5. The topological polar surface area (TPSA) is 88.1 Å². The molecule has 1 aromatic rings. The fourth-order valence-electron chi connectivity index (χ4n) is 1.67. The Balaban J connectivity index is 2.06. The molecule has 2 rings (SSSR count). The zero-order valence-corrected chi connectivity index (χ0v) is 11.3. The van der Waals surface area contributed by atoms with E-state index in [2.05, 4.69) is 5.32 Å². The molecule has 0 fully saturated rings. The smallest absolute Gasteiger partial charge is 0.326 e. The molecule has 20 heavy (non-hydrogen) atoms. The Labute approximate surface area is 116 Å². The van der Waals surface area contributed by atoms with E-state index in [4.69, 9.17) is 14.6 Å². The highest BCUT2D eigenvalue weighted by molar-refractivity contribution is 5.92. The predicted octanol–water partition coefficient (Wildman–Crippen LogP) is 1.39. The van der Waals surface area contributed by atoms with Crippen molar-refractivity contribution in [2.75, 3.05) is 25.6 Å². The van der Waals surface area contributed by atoms with Crippen molar-refractivity contribution in [3.8, 4) is 11.5 Å². The van der Waals surface area contributed by atoms with Gasteiger partial charge in [0.2, 0.25) is 0 Å². The van der Waals surface area contributed by atoms with E-state index in [9.17, 15) is 9.59 Å². The van der Waals surface area contributed by atoms with Gasteiger partial charge in [0, 0.05) is 18.8 Å². The SMILES string of the molecule is CC(C(=O)O)N(C)C(=O)Nc1ccc2c(c1)OCCO2. The lowest BCUT2D eigenvalue weighted by Gasteiger charge is -2.23. The molecule has 0 spiro atoms. The van der Waals surface area contributed by atoms with Gasteiger partial charge in [-0.2, -0.15) is 0 Å². The van der Waals surface area contributed by atoms with Gasteiger partial charge in [0.25, 0.3) is 0 Å². The fourth-order valence-corrected chi connectivity index (χ4v) is 1.67. The summed E-state index contributed by atoms with van der Waals surface area (Å²) in [4.78, 5) is 23.8. The van der Waals surface area contributed by atoms with E-state index in [1.807, 2.05) is 0 Å². The molecule has 0 saturated heterocycles. The van der Waals surface area contributed by atoms with Crippen molar-refractivity contribution in [3.05, 3.63) is 18.2 Å². The fraction of sp³-hybridized carbons (Fsp3) is 0.385. The molecule has 1 atom stereocenters. The van der Waals surface area contributed by atoms with Crippen molar-refractivity contribution < 1.29 is 24.2 Å². The molecule has 1 unspecified atom stereocenters. The van der Waals surface area contributed by atoms with Crippen LogP contribution in [-0.4, -0.2) is 48.3 Å². The monoisotopic (exact) mass is 280 g/mol. The Kier molecular flexibility index (Phi) is 3.97. The first-order valence-electron chi connectivity index (χ1n) is 6.15. The molecule has 0 aliphatic carbocycles. The van der Waals surface area contributed by atoms with E-state index in [1.165, 1.54) is 14.0 Å². The number of benzene rings is 1. The first kappa shape index (κ1) is 14.0. The zero-order valence-electron chi connectivity index (χ0n) is 11.3. The summed E-state index contributed by atoms with van der Waals surface area (Å²) in [6.07, 6.45) is 0. The van der Waals surface area contributed by atoms with Crippen LogP contribution in [0.3, 0.4) is 0 Å². The Morgan fingerprint density at radius 3 is 2.60 bits per heavy atom. The second-order valence-electron chi connectivity index (χ2n) is 4.41. The van der Waals surface area contributed by atoms with Crippen LogP contribution in [0.15, 0.2) is 18.2 Å². The molecule has 1 aliphatic heterocycles. The minimum Gasteiger partial charge on any atom is -0.486 e. The number of carbonyl (C=O) groups is 2. The molecule has 7 heteroatoms. The van der Waals surface area contributed by atoms with Crippen molar-refractivity contribution >= 4 is 17.7 Å². The van der Waals surface area contributed by atoms with Crippen molar-refractivity contribution in [2.45, 2.75) is 13.0 Å². The van der Waals surface area contributed by atoms with Gasteiger partial charge in [0.05, 0.1) is 0 Å². The number of hydrogen-bond donors (Lipinski definition) is 2. The second kappa shape index (κ2) is 5.68. The van der Waals surface area contributed by atoms with Crippen LogP contribution in [0.1, 0.15) is 6.92 Å². The van der Waals surface area contributed by atoms with Crippen molar-refractivity contribution in [1.29, 1.82) is 0 Å². The first-order valence-corrected chi connectivity index (χ1v) is 6.15. The molecule has 7 nitrogen and oxygen atoms in total. The number of anilines is 1. The predicted molar refractivity (Wildman–Crippen MR) is 71.3 cm³/mol. The molecule has 0 radical (unpaired) electrons. The largest absolute Gasteiger partial charge is 0.486 e. The molecule has 0 aromatic heterocycles. The molecule has 108 valence electrons. The maximum absolute atomic E-state index is 11.9. The number of hydrogen-bond acceptors (Lipinski definition) is 4. The van der Waals surface area contributed by atoms with Crippen LogP contribution >= 0.6 is 0 Å². The summed E-state index contributed by atoms with van der Waals surface area (Å²) >= 11 is 0. The lowest BCUT2D eigenvalue weighted by molar-refractivity contribution is -0.141. The van der Waals surface area contributed by atoms with Crippen LogP contribution in [-0.2, 0) is 4.79 Å². The van der Waals surface area contributed by atoms with Crippen molar-refractivity contribution in [2.24, 2.45) is 0 Å². The van der Waals surface area contributed by atoms with Gasteiger partial charge in [0.15, 0.2) is 11.5 Å². The maximum Gasteiger partial charge on any atom is 0.326 e. The molecule has 0 saturated carbocycles. The molecule has 1 aromatic carbocycles. The van der Waals surface area contributed by atoms with E-state index < -0.39 is 18.0 Å². The highest BCUT2D eigenvalue weighted by atomic mass is 16.6. The Morgan fingerprint density at radius 1 is 1.30 bits per heavy atom. The molecule has 1 heterocycles. The normalized spacial score (nSPS) is 14.3. The molecule has 2 amide bonds. The standard InChI is InChI=1S/C13H16N2O5/c1-8(12(16)17)15(2)13(18)14-9-3-4-10-11(7-9)20-6-5-19-10/h3-4,7-8H,5-6H2,1-2H3,(H,14,18)(H,16,17). The van der Waals surface area contributed by atoms with Gasteiger partial charge in [-0.15, -0.1) is 0 Å². The van der Waals surface area contributed by atoms with Crippen LogP contribution in [0.2, 0.25) is 0 Å². The lowest BCUT2D eigenvalue weighted by Crippen LogP contribution is -2.42. The van der Waals surface area contributed by atoms with Gasteiger partial charge < -0.3 is 24.8 Å². The Hall–Kier alpha value is -2.44. The number of amides is 2. The molecule has 2 N–H and O–H groups in total. The number of carboxylic acids is 1. The van der Waals surface area contributed by atoms with Gasteiger partial charge >= 0.3 is 12.0 Å². The van der Waals surface area contributed by atoms with Gasteiger partial charge in [-0.25, -0.2) is 9.59 Å². The van der Waals surface area contributed by atoms with E-state index >= 15 is 0 Å². The lowest BCUT2D eigenvalue weighted by atomic mass is 10.2. The number of aliphatic carboxylic acids is 1. The Bertz CT molecular complexity index is 531. The van der Waals surface area contributed by atoms with Crippen LogP contribution < -0.4 is 14.8 Å². The van der Waals surface area contributed by atoms with Crippen LogP contribution in [0.4, 0.5) is 10.5 Å². The maximum atomic E-state index is 11.9. The van der Waals surface area contributed by atoms with Crippen molar-refractivity contribution in [1.82, 2.24) is 4.90 Å². The Morgan fingerprint density at radius 2 is 1.95 bits per heavy atom. The third-order valence-electron chi connectivity index (χ3n) is 3.05. The summed E-state index contributed by atoms with van der Waals surface area (Å²) in [5.41, 5.74) is 0.517. The number of urea groups is 1. The summed E-state index contributed by atoms with van der Waals surface area (Å²) in [6, 6.07) is 3.60. The quantitative estimate of drug-likeness (QED) is 0.873. The van der Waals surface area contributed by atoms with Gasteiger partial charge in [-0.05, 0) is 19.1 Å². The first-order chi connectivity index (χ1) is 9.49. The molecular weight excluding hydrogens is 264 g/mol. The average Bonchev–Trinajstić information content (AvgIpc) is 2.45. The highest BCUT2D eigenvalue weighted by Crippen LogP contribution is 2.32. The minimum absolute atomic E-state index is 0.459. The van der Waals surface area contributed by atoms with E-state index in [1.54, 1.807) is 18.2 Å². The third kappa shape index (κ3) is 2.93. The number of nitrogens with one attached hydrogen (secondary N) is 1. The van der Waals surface area contributed by atoms with Crippen molar-refractivity contribution in [3.63, 3.8) is 0 Å². The third-order valence-corrected chi connectivity index (χ3v) is 3.05. The van der Waals surface area contributed by atoms with Crippen LogP contribution in [0.25, 0.3) is 0 Å². The van der Waals surface area contributed by atoms with E-state index in [0.717, 1.165) is 4.90 Å². The van der Waals surface area contributed by atoms with Gasteiger partial charge in [-0.1, -0.05) is 0 Å². The van der Waals surface area contributed by atoms with E-state index in [0.29, 0.717) is 30.4 Å². The number of rotatable bonds is 3. The number of carboxylic acid groups (broad SMARTS) is 1. The zero-order chi connectivity index (χ0) is 14.7. The number of nitrogens with zero attached hydrogens (tertiary/aromatic N) is 1.